The summed E-state index contributed by atoms with van der Waals surface area (Å²) in [6.45, 7) is 8.36. The Kier molecular flexibility index (Phi) is 7.02. The number of carbonyl (C=O) groups is 2. The van der Waals surface area contributed by atoms with Crippen molar-refractivity contribution >= 4 is 23.3 Å². The first kappa shape index (κ1) is 18.2. The molecule has 3 N–H and O–H groups in total. The highest BCUT2D eigenvalue weighted by Crippen LogP contribution is 2.15. The summed E-state index contributed by atoms with van der Waals surface area (Å²) < 4.78 is 5.29. The molecule has 1 aliphatic rings. The molecule has 0 aliphatic carbocycles. The number of rotatable bonds is 6. The standard InChI is InChI=1S/C17H26N4O3/c1-13(2)16(22)19-14-4-3-5-15(12-14)20-17(23)18-6-7-21-8-10-24-11-9-21/h3-5,12-13H,6-11H2,1-2H3,(H,19,22)(H2,18,20,23). The maximum absolute atomic E-state index is 11.9. The zero-order valence-corrected chi connectivity index (χ0v) is 14.3. The molecular formula is C17H26N4O3. The molecular weight excluding hydrogens is 308 g/mol. The van der Waals surface area contributed by atoms with Crippen LogP contribution in [0, 0.1) is 5.92 Å². The SMILES string of the molecule is CC(C)C(=O)Nc1cccc(NC(=O)NCCN2CCOCC2)c1. The van der Waals surface area contributed by atoms with E-state index in [9.17, 15) is 9.59 Å². The maximum Gasteiger partial charge on any atom is 0.319 e. The number of nitrogens with zero attached hydrogens (tertiary/aromatic N) is 1. The highest BCUT2D eigenvalue weighted by Gasteiger charge is 2.11. The molecule has 0 bridgehead atoms. The van der Waals surface area contributed by atoms with Crippen LogP contribution in [0.25, 0.3) is 0 Å². The fourth-order valence-corrected chi connectivity index (χ4v) is 2.29. The second-order valence-electron chi connectivity index (χ2n) is 6.06. The lowest BCUT2D eigenvalue weighted by molar-refractivity contribution is -0.118. The molecule has 0 spiro atoms. The van der Waals surface area contributed by atoms with Crippen LogP contribution >= 0.6 is 0 Å². The molecule has 1 aromatic carbocycles. The molecule has 1 saturated heterocycles. The van der Waals surface area contributed by atoms with Crippen LogP contribution in [0.5, 0.6) is 0 Å². The maximum atomic E-state index is 11.9. The second kappa shape index (κ2) is 9.24. The van der Waals surface area contributed by atoms with Crippen molar-refractivity contribution < 1.29 is 14.3 Å². The smallest absolute Gasteiger partial charge is 0.319 e. The van der Waals surface area contributed by atoms with Crippen LogP contribution in [0.4, 0.5) is 16.2 Å². The fraction of sp³-hybridized carbons (Fsp3) is 0.529. The Morgan fingerprint density at radius 3 is 2.50 bits per heavy atom. The summed E-state index contributed by atoms with van der Waals surface area (Å²) in [5.74, 6) is -0.146. The van der Waals surface area contributed by atoms with Crippen LogP contribution in [0.2, 0.25) is 0 Å². The Labute approximate surface area is 142 Å². The second-order valence-corrected chi connectivity index (χ2v) is 6.06. The van der Waals surface area contributed by atoms with Crippen molar-refractivity contribution in [2.45, 2.75) is 13.8 Å². The summed E-state index contributed by atoms with van der Waals surface area (Å²) >= 11 is 0. The minimum absolute atomic E-state index is 0.0536. The number of amides is 3. The molecule has 0 radical (unpaired) electrons. The van der Waals surface area contributed by atoms with E-state index in [1.165, 1.54) is 0 Å². The first-order valence-electron chi connectivity index (χ1n) is 8.30. The Hall–Kier alpha value is -2.12. The van der Waals surface area contributed by atoms with Gasteiger partial charge in [0.05, 0.1) is 13.2 Å². The number of hydrogen-bond acceptors (Lipinski definition) is 4. The van der Waals surface area contributed by atoms with Crippen molar-refractivity contribution in [3.8, 4) is 0 Å². The minimum atomic E-state index is -0.254. The van der Waals surface area contributed by atoms with Crippen molar-refractivity contribution in [1.82, 2.24) is 10.2 Å². The fourth-order valence-electron chi connectivity index (χ4n) is 2.29. The molecule has 7 nitrogen and oxygen atoms in total. The summed E-state index contributed by atoms with van der Waals surface area (Å²) in [6, 6.07) is 6.85. The lowest BCUT2D eigenvalue weighted by Gasteiger charge is -2.26. The number of anilines is 2. The predicted octanol–water partition coefficient (Wildman–Crippen LogP) is 1.73. The van der Waals surface area contributed by atoms with E-state index < -0.39 is 0 Å². The van der Waals surface area contributed by atoms with Gasteiger partial charge in [0.15, 0.2) is 0 Å². The topological polar surface area (TPSA) is 82.7 Å². The molecule has 1 fully saturated rings. The highest BCUT2D eigenvalue weighted by molar-refractivity contribution is 5.94. The first-order valence-corrected chi connectivity index (χ1v) is 8.30. The number of morpholine rings is 1. The Morgan fingerprint density at radius 2 is 1.83 bits per heavy atom. The van der Waals surface area contributed by atoms with E-state index in [1.807, 2.05) is 13.8 Å². The molecule has 0 aromatic heterocycles. The molecule has 0 unspecified atom stereocenters. The van der Waals surface area contributed by atoms with E-state index in [4.69, 9.17) is 4.74 Å². The summed E-state index contributed by atoms with van der Waals surface area (Å²) in [5, 5.41) is 8.43. The third-order valence-corrected chi connectivity index (χ3v) is 3.73. The molecule has 1 aliphatic heterocycles. The summed E-state index contributed by atoms with van der Waals surface area (Å²) in [7, 11) is 0. The molecule has 132 valence electrons. The van der Waals surface area contributed by atoms with Crippen molar-refractivity contribution in [2.24, 2.45) is 5.92 Å². The minimum Gasteiger partial charge on any atom is -0.379 e. The lowest BCUT2D eigenvalue weighted by Crippen LogP contribution is -2.42. The van der Waals surface area contributed by atoms with Crippen LogP contribution in [-0.4, -0.2) is 56.2 Å². The van der Waals surface area contributed by atoms with Gasteiger partial charge in [-0.15, -0.1) is 0 Å². The number of nitrogens with one attached hydrogen (secondary N) is 3. The van der Waals surface area contributed by atoms with E-state index >= 15 is 0 Å². The highest BCUT2D eigenvalue weighted by atomic mass is 16.5. The van der Waals surface area contributed by atoms with Gasteiger partial charge in [0.2, 0.25) is 5.91 Å². The van der Waals surface area contributed by atoms with Gasteiger partial charge in [-0.25, -0.2) is 4.79 Å². The van der Waals surface area contributed by atoms with Crippen molar-refractivity contribution in [2.75, 3.05) is 50.0 Å². The molecule has 0 saturated carbocycles. The van der Waals surface area contributed by atoms with Crippen LogP contribution in [0.3, 0.4) is 0 Å². The van der Waals surface area contributed by atoms with Gasteiger partial charge in [-0.3, -0.25) is 9.69 Å². The van der Waals surface area contributed by atoms with Gasteiger partial charge in [-0.1, -0.05) is 19.9 Å². The third-order valence-electron chi connectivity index (χ3n) is 3.73. The molecule has 1 aromatic rings. The number of carbonyl (C=O) groups excluding carboxylic acids is 2. The quantitative estimate of drug-likeness (QED) is 0.740. The van der Waals surface area contributed by atoms with Gasteiger partial charge in [0.25, 0.3) is 0 Å². The Bertz CT molecular complexity index is 557. The Morgan fingerprint density at radius 1 is 1.17 bits per heavy atom. The molecule has 7 heteroatoms. The van der Waals surface area contributed by atoms with E-state index in [-0.39, 0.29) is 17.9 Å². The van der Waals surface area contributed by atoms with Crippen LogP contribution in [0.1, 0.15) is 13.8 Å². The van der Waals surface area contributed by atoms with Gasteiger partial charge < -0.3 is 20.7 Å². The van der Waals surface area contributed by atoms with Crippen LogP contribution in [-0.2, 0) is 9.53 Å². The van der Waals surface area contributed by atoms with Crippen LogP contribution in [0.15, 0.2) is 24.3 Å². The van der Waals surface area contributed by atoms with Gasteiger partial charge in [0.1, 0.15) is 0 Å². The normalized spacial score (nSPS) is 15.1. The van der Waals surface area contributed by atoms with E-state index in [1.54, 1.807) is 24.3 Å². The number of benzene rings is 1. The third kappa shape index (κ3) is 6.17. The number of urea groups is 1. The van der Waals surface area contributed by atoms with Crippen molar-refractivity contribution in [3.05, 3.63) is 24.3 Å². The average Bonchev–Trinajstić information content (AvgIpc) is 2.56. The number of ether oxygens (including phenoxy) is 1. The van der Waals surface area contributed by atoms with Gasteiger partial charge in [-0.2, -0.15) is 0 Å². The van der Waals surface area contributed by atoms with Gasteiger partial charge in [-0.05, 0) is 18.2 Å². The predicted molar refractivity (Wildman–Crippen MR) is 94.2 cm³/mol. The van der Waals surface area contributed by atoms with Crippen molar-refractivity contribution in [3.63, 3.8) is 0 Å². The first-order chi connectivity index (χ1) is 11.5. The van der Waals surface area contributed by atoms with Crippen LogP contribution < -0.4 is 16.0 Å². The largest absolute Gasteiger partial charge is 0.379 e. The molecule has 0 atom stereocenters. The molecule has 2 rings (SSSR count). The van der Waals surface area contributed by atoms with E-state index in [0.29, 0.717) is 17.9 Å². The summed E-state index contributed by atoms with van der Waals surface area (Å²) in [6.07, 6.45) is 0. The van der Waals surface area contributed by atoms with Gasteiger partial charge >= 0.3 is 6.03 Å². The lowest BCUT2D eigenvalue weighted by atomic mass is 10.2. The zero-order valence-electron chi connectivity index (χ0n) is 14.3. The zero-order chi connectivity index (χ0) is 17.4. The molecule has 1 heterocycles. The Balaban J connectivity index is 1.75. The molecule has 3 amide bonds. The van der Waals surface area contributed by atoms with Gasteiger partial charge in [0, 0.05) is 43.5 Å². The number of hydrogen-bond donors (Lipinski definition) is 3. The van der Waals surface area contributed by atoms with Crippen molar-refractivity contribution in [1.29, 1.82) is 0 Å². The van der Waals surface area contributed by atoms with E-state index in [2.05, 4.69) is 20.9 Å². The average molecular weight is 334 g/mol. The van der Waals surface area contributed by atoms with E-state index in [0.717, 1.165) is 32.8 Å². The summed E-state index contributed by atoms with van der Waals surface area (Å²) in [5.41, 5.74) is 1.31. The monoisotopic (exact) mass is 334 g/mol. The molecule has 24 heavy (non-hydrogen) atoms. The summed E-state index contributed by atoms with van der Waals surface area (Å²) in [4.78, 5) is 25.9.